The van der Waals surface area contributed by atoms with Gasteiger partial charge in [-0.2, -0.15) is 0 Å². The van der Waals surface area contributed by atoms with Gasteiger partial charge < -0.3 is 5.32 Å². The molecule has 2 unspecified atom stereocenters. The van der Waals surface area contributed by atoms with Crippen molar-refractivity contribution in [3.8, 4) is 0 Å². The fraction of sp³-hybridized carbons (Fsp3) is 0.500. The predicted octanol–water partition coefficient (Wildman–Crippen LogP) is 2.60. The Bertz CT molecular complexity index is 361. The lowest BCUT2D eigenvalue weighted by molar-refractivity contribution is 0.263. The summed E-state index contributed by atoms with van der Waals surface area (Å²) in [6.07, 6.45) is 0.884. The van der Waals surface area contributed by atoms with E-state index in [0.717, 1.165) is 31.5 Å². The molecule has 2 rings (SSSR count). The SMILES string of the molecule is Fc1ccc(CC(F)C2CCCN2)cc1F. The van der Waals surface area contributed by atoms with Gasteiger partial charge in [0.15, 0.2) is 11.6 Å². The molecule has 0 aromatic heterocycles. The Labute approximate surface area is 92.7 Å². The van der Waals surface area contributed by atoms with Crippen LogP contribution in [-0.4, -0.2) is 18.8 Å². The molecule has 1 nitrogen and oxygen atoms in total. The Morgan fingerprint density at radius 2 is 2.12 bits per heavy atom. The molecular formula is C12H14F3N. The molecule has 0 spiro atoms. The van der Waals surface area contributed by atoms with E-state index in [0.29, 0.717) is 5.56 Å². The molecule has 1 aromatic rings. The van der Waals surface area contributed by atoms with Crippen LogP contribution in [0, 0.1) is 11.6 Å². The zero-order chi connectivity index (χ0) is 11.5. The molecule has 1 aliphatic rings. The van der Waals surface area contributed by atoms with Gasteiger partial charge >= 0.3 is 0 Å². The predicted molar refractivity (Wildman–Crippen MR) is 56.0 cm³/mol. The van der Waals surface area contributed by atoms with Crippen LogP contribution >= 0.6 is 0 Å². The number of alkyl halides is 1. The van der Waals surface area contributed by atoms with E-state index < -0.39 is 17.8 Å². The van der Waals surface area contributed by atoms with E-state index in [2.05, 4.69) is 5.32 Å². The molecule has 1 N–H and O–H groups in total. The molecule has 88 valence electrons. The van der Waals surface area contributed by atoms with Crippen LogP contribution in [0.25, 0.3) is 0 Å². The van der Waals surface area contributed by atoms with Crippen molar-refractivity contribution in [1.29, 1.82) is 0 Å². The van der Waals surface area contributed by atoms with E-state index in [1.807, 2.05) is 0 Å². The van der Waals surface area contributed by atoms with Gasteiger partial charge in [0, 0.05) is 12.5 Å². The maximum Gasteiger partial charge on any atom is 0.159 e. The van der Waals surface area contributed by atoms with Crippen LogP contribution in [0.1, 0.15) is 18.4 Å². The van der Waals surface area contributed by atoms with Gasteiger partial charge in [-0.15, -0.1) is 0 Å². The highest BCUT2D eigenvalue weighted by Crippen LogP contribution is 2.17. The van der Waals surface area contributed by atoms with Crippen molar-refractivity contribution in [1.82, 2.24) is 5.32 Å². The third-order valence-corrected chi connectivity index (χ3v) is 2.95. The van der Waals surface area contributed by atoms with Crippen molar-refractivity contribution in [2.24, 2.45) is 0 Å². The summed E-state index contributed by atoms with van der Waals surface area (Å²) in [6.45, 7) is 0.836. The normalized spacial score (nSPS) is 22.3. The molecule has 1 aliphatic heterocycles. The molecule has 4 heteroatoms. The average Bonchev–Trinajstić information content (AvgIpc) is 2.77. The molecule has 0 saturated carbocycles. The van der Waals surface area contributed by atoms with Gasteiger partial charge in [-0.05, 0) is 37.1 Å². The van der Waals surface area contributed by atoms with Gasteiger partial charge in [-0.25, -0.2) is 13.2 Å². The number of hydrogen-bond donors (Lipinski definition) is 1. The highest BCUT2D eigenvalue weighted by atomic mass is 19.2. The minimum absolute atomic E-state index is 0.134. The summed E-state index contributed by atoms with van der Waals surface area (Å²) in [4.78, 5) is 0. The molecule has 0 bridgehead atoms. The smallest absolute Gasteiger partial charge is 0.159 e. The fourth-order valence-electron chi connectivity index (χ4n) is 2.05. The Balaban J connectivity index is 1.99. The number of hydrogen-bond acceptors (Lipinski definition) is 1. The molecule has 16 heavy (non-hydrogen) atoms. The quantitative estimate of drug-likeness (QED) is 0.840. The Morgan fingerprint density at radius 3 is 2.75 bits per heavy atom. The van der Waals surface area contributed by atoms with Crippen molar-refractivity contribution in [3.05, 3.63) is 35.4 Å². The second-order valence-electron chi connectivity index (χ2n) is 4.17. The third-order valence-electron chi connectivity index (χ3n) is 2.95. The van der Waals surface area contributed by atoms with Gasteiger partial charge in [-0.1, -0.05) is 6.07 Å². The van der Waals surface area contributed by atoms with E-state index in [1.165, 1.54) is 6.07 Å². The largest absolute Gasteiger partial charge is 0.311 e. The van der Waals surface area contributed by atoms with E-state index in [1.54, 1.807) is 0 Å². The summed E-state index contributed by atoms with van der Waals surface area (Å²) in [5.41, 5.74) is 0.500. The highest BCUT2D eigenvalue weighted by molar-refractivity contribution is 5.19. The van der Waals surface area contributed by atoms with Crippen molar-refractivity contribution in [2.75, 3.05) is 6.54 Å². The van der Waals surface area contributed by atoms with E-state index in [-0.39, 0.29) is 12.5 Å². The molecule has 0 aliphatic carbocycles. The minimum Gasteiger partial charge on any atom is -0.311 e. The molecule has 0 amide bonds. The maximum absolute atomic E-state index is 13.7. The zero-order valence-corrected chi connectivity index (χ0v) is 8.85. The van der Waals surface area contributed by atoms with Gasteiger partial charge in [0.2, 0.25) is 0 Å². The van der Waals surface area contributed by atoms with Crippen LogP contribution in [0.4, 0.5) is 13.2 Å². The number of rotatable bonds is 3. The highest BCUT2D eigenvalue weighted by Gasteiger charge is 2.24. The lowest BCUT2D eigenvalue weighted by Gasteiger charge is -2.15. The maximum atomic E-state index is 13.7. The van der Waals surface area contributed by atoms with E-state index >= 15 is 0 Å². The molecule has 2 atom stereocenters. The molecule has 1 fully saturated rings. The summed E-state index contributed by atoms with van der Waals surface area (Å²) in [6, 6.07) is 3.39. The summed E-state index contributed by atoms with van der Waals surface area (Å²) >= 11 is 0. The first-order valence-electron chi connectivity index (χ1n) is 5.48. The average molecular weight is 229 g/mol. The molecule has 1 heterocycles. The van der Waals surface area contributed by atoms with Crippen molar-refractivity contribution < 1.29 is 13.2 Å². The molecular weight excluding hydrogens is 215 g/mol. The van der Waals surface area contributed by atoms with Crippen LogP contribution in [0.3, 0.4) is 0 Å². The van der Waals surface area contributed by atoms with Crippen molar-refractivity contribution in [2.45, 2.75) is 31.5 Å². The standard InChI is InChI=1S/C12H14F3N/c13-9-4-3-8(6-10(9)14)7-11(15)12-2-1-5-16-12/h3-4,6,11-12,16H,1-2,5,7H2. The second kappa shape index (κ2) is 4.87. The Morgan fingerprint density at radius 1 is 1.31 bits per heavy atom. The number of halogens is 3. The van der Waals surface area contributed by atoms with Crippen molar-refractivity contribution in [3.63, 3.8) is 0 Å². The van der Waals surface area contributed by atoms with Crippen LogP contribution < -0.4 is 5.32 Å². The summed E-state index contributed by atoms with van der Waals surface area (Å²) in [7, 11) is 0. The van der Waals surface area contributed by atoms with Crippen LogP contribution in [-0.2, 0) is 6.42 Å². The fourth-order valence-corrected chi connectivity index (χ4v) is 2.05. The van der Waals surface area contributed by atoms with Gasteiger partial charge in [-0.3, -0.25) is 0 Å². The summed E-state index contributed by atoms with van der Waals surface area (Å²) < 4.78 is 39.3. The number of benzene rings is 1. The third kappa shape index (κ3) is 2.55. The van der Waals surface area contributed by atoms with Crippen LogP contribution in [0.5, 0.6) is 0 Å². The Kier molecular flexibility index (Phi) is 3.49. The summed E-state index contributed by atoms with van der Waals surface area (Å²) in [5, 5.41) is 3.06. The minimum atomic E-state index is -1.03. The van der Waals surface area contributed by atoms with Gasteiger partial charge in [0.1, 0.15) is 6.17 Å². The summed E-state index contributed by atoms with van der Waals surface area (Å²) in [5.74, 6) is -1.80. The van der Waals surface area contributed by atoms with E-state index in [4.69, 9.17) is 0 Å². The number of nitrogens with one attached hydrogen (secondary N) is 1. The Hall–Kier alpha value is -1.03. The van der Waals surface area contributed by atoms with E-state index in [9.17, 15) is 13.2 Å². The molecule has 0 radical (unpaired) electrons. The van der Waals surface area contributed by atoms with Crippen LogP contribution in [0.2, 0.25) is 0 Å². The topological polar surface area (TPSA) is 12.0 Å². The van der Waals surface area contributed by atoms with Gasteiger partial charge in [0.25, 0.3) is 0 Å². The van der Waals surface area contributed by atoms with Gasteiger partial charge in [0.05, 0.1) is 0 Å². The second-order valence-corrected chi connectivity index (χ2v) is 4.17. The first-order chi connectivity index (χ1) is 7.66. The van der Waals surface area contributed by atoms with Crippen molar-refractivity contribution >= 4 is 0 Å². The first kappa shape index (κ1) is 11.5. The lowest BCUT2D eigenvalue weighted by atomic mass is 10.0. The van der Waals surface area contributed by atoms with Crippen LogP contribution in [0.15, 0.2) is 18.2 Å². The first-order valence-corrected chi connectivity index (χ1v) is 5.48. The zero-order valence-electron chi connectivity index (χ0n) is 8.85. The molecule has 1 aromatic carbocycles. The molecule has 1 saturated heterocycles. The lowest BCUT2D eigenvalue weighted by Crippen LogP contribution is -2.33. The monoisotopic (exact) mass is 229 g/mol.